The molecule has 1 aromatic carbocycles. The van der Waals surface area contributed by atoms with Crippen molar-refractivity contribution in [1.29, 1.82) is 0 Å². The molecule has 1 N–H and O–H groups in total. The molecule has 2 heterocycles. The molecule has 7 heteroatoms. The van der Waals surface area contributed by atoms with Crippen LogP contribution in [0.2, 0.25) is 0 Å². The molecule has 1 aliphatic heterocycles. The van der Waals surface area contributed by atoms with Gasteiger partial charge in [0.1, 0.15) is 11.3 Å². The quantitative estimate of drug-likeness (QED) is 0.685. The lowest BCUT2D eigenvalue weighted by Crippen LogP contribution is -2.50. The average Bonchev–Trinajstić information content (AvgIpc) is 2.76. The number of hydrogen-bond donors (Lipinski definition) is 1. The Kier molecular flexibility index (Phi) is 7.25. The highest BCUT2D eigenvalue weighted by Gasteiger charge is 2.22. The number of nitrogens with zero attached hydrogens (tertiary/aromatic N) is 2. The fourth-order valence-electron chi connectivity index (χ4n) is 4.66. The molecule has 2 aliphatic rings. The highest BCUT2D eigenvalue weighted by atomic mass is 16.5. The zero-order valence-electron chi connectivity index (χ0n) is 18.4. The van der Waals surface area contributed by atoms with Crippen molar-refractivity contribution in [2.45, 2.75) is 51.6 Å². The summed E-state index contributed by atoms with van der Waals surface area (Å²) in [6, 6.07) is 7.52. The van der Waals surface area contributed by atoms with Crippen molar-refractivity contribution in [2.75, 3.05) is 39.3 Å². The predicted molar refractivity (Wildman–Crippen MR) is 120 cm³/mol. The number of fused-ring (bicyclic) bond motifs is 1. The van der Waals surface area contributed by atoms with Gasteiger partial charge in [-0.25, -0.2) is 4.79 Å². The molecule has 0 unspecified atom stereocenters. The van der Waals surface area contributed by atoms with Gasteiger partial charge in [-0.1, -0.05) is 19.3 Å². The van der Waals surface area contributed by atoms with Gasteiger partial charge in [0.25, 0.3) is 0 Å². The predicted octanol–water partition coefficient (Wildman–Crippen LogP) is 2.76. The van der Waals surface area contributed by atoms with Crippen molar-refractivity contribution >= 4 is 16.9 Å². The van der Waals surface area contributed by atoms with Gasteiger partial charge < -0.3 is 14.5 Å². The van der Waals surface area contributed by atoms with E-state index in [0.717, 1.165) is 55.7 Å². The third-order valence-electron chi connectivity index (χ3n) is 6.31. The molecule has 0 spiro atoms. The molecule has 31 heavy (non-hydrogen) atoms. The smallest absolute Gasteiger partial charge is 0.336 e. The van der Waals surface area contributed by atoms with Gasteiger partial charge in [-0.3, -0.25) is 14.6 Å². The molecular weight excluding hydrogens is 394 g/mol. The standard InChI is InChI=1S/C24H33N3O4/c1-2-30-20-8-9-22-21(15-20)18(14-24(29)31-22)16-26-10-12-27(13-11-26)17-23(28)25-19-6-4-3-5-7-19/h8-9,14-15,19H,2-7,10-13,16-17H2,1H3,(H,25,28). The van der Waals surface area contributed by atoms with E-state index < -0.39 is 0 Å². The molecule has 1 saturated carbocycles. The van der Waals surface area contributed by atoms with E-state index in [-0.39, 0.29) is 11.5 Å². The summed E-state index contributed by atoms with van der Waals surface area (Å²) in [5.41, 5.74) is 1.21. The Balaban J connectivity index is 1.33. The van der Waals surface area contributed by atoms with Crippen molar-refractivity contribution in [2.24, 2.45) is 0 Å². The van der Waals surface area contributed by atoms with Crippen LogP contribution in [0.3, 0.4) is 0 Å². The first-order valence-electron chi connectivity index (χ1n) is 11.5. The Morgan fingerprint density at radius 3 is 2.58 bits per heavy atom. The first-order valence-corrected chi connectivity index (χ1v) is 11.5. The highest BCUT2D eigenvalue weighted by Crippen LogP contribution is 2.24. The van der Waals surface area contributed by atoms with E-state index in [0.29, 0.717) is 31.3 Å². The van der Waals surface area contributed by atoms with E-state index in [4.69, 9.17) is 9.15 Å². The Bertz CT molecular complexity index is 943. The summed E-state index contributed by atoms with van der Waals surface area (Å²) in [6.07, 6.45) is 5.97. The summed E-state index contributed by atoms with van der Waals surface area (Å²) in [4.78, 5) is 29.0. The second-order valence-electron chi connectivity index (χ2n) is 8.64. The minimum absolute atomic E-state index is 0.149. The number of benzene rings is 1. The van der Waals surface area contributed by atoms with E-state index >= 15 is 0 Å². The maximum absolute atomic E-state index is 12.4. The normalized spacial score (nSPS) is 18.9. The average molecular weight is 428 g/mol. The molecule has 2 fully saturated rings. The van der Waals surface area contributed by atoms with Crippen LogP contribution in [0.15, 0.2) is 33.5 Å². The van der Waals surface area contributed by atoms with Crippen LogP contribution in [0, 0.1) is 0 Å². The van der Waals surface area contributed by atoms with Gasteiger partial charge in [0.15, 0.2) is 0 Å². The molecular formula is C24H33N3O4. The van der Waals surface area contributed by atoms with Crippen LogP contribution in [0.1, 0.15) is 44.6 Å². The van der Waals surface area contributed by atoms with Gasteiger partial charge in [-0.15, -0.1) is 0 Å². The third kappa shape index (κ3) is 5.86. The molecule has 0 radical (unpaired) electrons. The van der Waals surface area contributed by atoms with E-state index in [2.05, 4.69) is 15.1 Å². The van der Waals surface area contributed by atoms with Gasteiger partial charge in [0.2, 0.25) is 5.91 Å². The number of carbonyl (C=O) groups is 1. The van der Waals surface area contributed by atoms with Gasteiger partial charge >= 0.3 is 5.63 Å². The lowest BCUT2D eigenvalue weighted by atomic mass is 9.95. The molecule has 1 aromatic heterocycles. The van der Waals surface area contributed by atoms with Crippen molar-refractivity contribution in [3.8, 4) is 5.75 Å². The molecule has 2 aromatic rings. The van der Waals surface area contributed by atoms with Crippen LogP contribution in [0.4, 0.5) is 0 Å². The topological polar surface area (TPSA) is 75.0 Å². The molecule has 168 valence electrons. The largest absolute Gasteiger partial charge is 0.494 e. The first kappa shape index (κ1) is 21.8. The minimum atomic E-state index is -0.329. The zero-order valence-corrected chi connectivity index (χ0v) is 18.4. The fourth-order valence-corrected chi connectivity index (χ4v) is 4.66. The van der Waals surface area contributed by atoms with Gasteiger partial charge in [-0.05, 0) is 43.5 Å². The summed E-state index contributed by atoms with van der Waals surface area (Å²) in [5, 5.41) is 4.12. The summed E-state index contributed by atoms with van der Waals surface area (Å²) >= 11 is 0. The SMILES string of the molecule is CCOc1ccc2oc(=O)cc(CN3CCN(CC(=O)NC4CCCCC4)CC3)c2c1. The Hall–Kier alpha value is -2.38. The van der Waals surface area contributed by atoms with Gasteiger partial charge in [-0.2, -0.15) is 0 Å². The molecule has 1 aliphatic carbocycles. The van der Waals surface area contributed by atoms with E-state index in [9.17, 15) is 9.59 Å². The molecule has 1 amide bonds. The van der Waals surface area contributed by atoms with E-state index in [1.54, 1.807) is 12.1 Å². The lowest BCUT2D eigenvalue weighted by Gasteiger charge is -2.34. The Morgan fingerprint density at radius 1 is 1.10 bits per heavy atom. The van der Waals surface area contributed by atoms with Crippen LogP contribution in [-0.2, 0) is 11.3 Å². The van der Waals surface area contributed by atoms with E-state index in [1.807, 2.05) is 19.1 Å². The van der Waals surface area contributed by atoms with E-state index in [1.165, 1.54) is 19.3 Å². The maximum Gasteiger partial charge on any atom is 0.336 e. The summed E-state index contributed by atoms with van der Waals surface area (Å²) < 4.78 is 11.0. The molecule has 4 rings (SSSR count). The van der Waals surface area contributed by atoms with Crippen LogP contribution >= 0.6 is 0 Å². The Morgan fingerprint density at radius 2 is 1.84 bits per heavy atom. The number of ether oxygens (including phenoxy) is 1. The molecule has 1 saturated heterocycles. The van der Waals surface area contributed by atoms with Crippen molar-refractivity contribution < 1.29 is 13.9 Å². The summed E-state index contributed by atoms with van der Waals surface area (Å²) in [6.45, 7) is 7.12. The molecule has 0 bridgehead atoms. The number of nitrogens with one attached hydrogen (secondary N) is 1. The van der Waals surface area contributed by atoms with Crippen LogP contribution in [0.25, 0.3) is 11.0 Å². The second-order valence-corrected chi connectivity index (χ2v) is 8.64. The molecule has 0 atom stereocenters. The van der Waals surface area contributed by atoms with Crippen LogP contribution in [0.5, 0.6) is 5.75 Å². The number of carbonyl (C=O) groups excluding carboxylic acids is 1. The maximum atomic E-state index is 12.4. The van der Waals surface area contributed by atoms with Crippen LogP contribution in [-0.4, -0.2) is 61.1 Å². The summed E-state index contributed by atoms with van der Waals surface area (Å²) in [7, 11) is 0. The minimum Gasteiger partial charge on any atom is -0.494 e. The van der Waals surface area contributed by atoms with Crippen molar-refractivity contribution in [1.82, 2.24) is 15.1 Å². The number of piperazine rings is 1. The number of rotatable bonds is 7. The van der Waals surface area contributed by atoms with Crippen molar-refractivity contribution in [3.05, 3.63) is 40.2 Å². The molecule has 7 nitrogen and oxygen atoms in total. The number of hydrogen-bond acceptors (Lipinski definition) is 6. The Labute approximate surface area is 183 Å². The van der Waals surface area contributed by atoms with Gasteiger partial charge in [0.05, 0.1) is 13.2 Å². The first-order chi connectivity index (χ1) is 15.1. The monoisotopic (exact) mass is 427 g/mol. The fraction of sp³-hybridized carbons (Fsp3) is 0.583. The van der Waals surface area contributed by atoms with Crippen molar-refractivity contribution in [3.63, 3.8) is 0 Å². The second kappa shape index (κ2) is 10.3. The number of amides is 1. The summed E-state index contributed by atoms with van der Waals surface area (Å²) in [5.74, 6) is 0.925. The van der Waals surface area contributed by atoms with Crippen LogP contribution < -0.4 is 15.7 Å². The van der Waals surface area contributed by atoms with Gasteiger partial charge in [0, 0.05) is 50.2 Å². The lowest BCUT2D eigenvalue weighted by molar-refractivity contribution is -0.123. The zero-order chi connectivity index (χ0) is 21.6. The third-order valence-corrected chi connectivity index (χ3v) is 6.31. The highest BCUT2D eigenvalue weighted by molar-refractivity contribution is 5.81.